The third kappa shape index (κ3) is 3.57. The Hall–Kier alpha value is -1.88. The van der Waals surface area contributed by atoms with Crippen molar-refractivity contribution in [3.63, 3.8) is 0 Å². The van der Waals surface area contributed by atoms with Gasteiger partial charge in [0.1, 0.15) is 5.82 Å². The van der Waals surface area contributed by atoms with E-state index < -0.39 is 0 Å². The van der Waals surface area contributed by atoms with Gasteiger partial charge in [-0.15, -0.1) is 0 Å². The molecular formula is C15H23N5. The Morgan fingerprint density at radius 3 is 2.70 bits per heavy atom. The first-order chi connectivity index (χ1) is 9.60. The van der Waals surface area contributed by atoms with Crippen LogP contribution in [0.4, 0.5) is 5.82 Å². The third-order valence-corrected chi connectivity index (χ3v) is 3.23. The SMILES string of the molecule is CCNCc1cnc(N(C)Cc2cnn(C)c2)c(C)c1. The normalized spacial score (nSPS) is 10.8. The molecule has 5 heteroatoms. The minimum atomic E-state index is 0.814. The summed E-state index contributed by atoms with van der Waals surface area (Å²) in [5, 5.41) is 7.51. The molecule has 0 saturated carbocycles. The summed E-state index contributed by atoms with van der Waals surface area (Å²) in [7, 11) is 3.99. The van der Waals surface area contributed by atoms with E-state index in [-0.39, 0.29) is 0 Å². The molecule has 0 amide bonds. The average Bonchev–Trinajstić information content (AvgIpc) is 2.81. The van der Waals surface area contributed by atoms with E-state index in [0.29, 0.717) is 0 Å². The second-order valence-electron chi connectivity index (χ2n) is 5.14. The summed E-state index contributed by atoms with van der Waals surface area (Å²) in [6.45, 7) is 6.88. The van der Waals surface area contributed by atoms with Crippen LogP contribution in [0, 0.1) is 6.92 Å². The number of anilines is 1. The van der Waals surface area contributed by atoms with E-state index in [4.69, 9.17) is 0 Å². The molecule has 0 bridgehead atoms. The highest BCUT2D eigenvalue weighted by atomic mass is 15.2. The lowest BCUT2D eigenvalue weighted by Gasteiger charge is -2.20. The first-order valence-corrected chi connectivity index (χ1v) is 6.95. The second kappa shape index (κ2) is 6.52. The summed E-state index contributed by atoms with van der Waals surface area (Å²) in [6.07, 6.45) is 5.88. The van der Waals surface area contributed by atoms with Gasteiger partial charge in [0.15, 0.2) is 0 Å². The number of nitrogens with zero attached hydrogens (tertiary/aromatic N) is 4. The van der Waals surface area contributed by atoms with Crippen molar-refractivity contribution >= 4 is 5.82 Å². The van der Waals surface area contributed by atoms with Crippen LogP contribution >= 0.6 is 0 Å². The molecule has 0 aliphatic rings. The molecule has 108 valence electrons. The predicted molar refractivity (Wildman–Crippen MR) is 81.7 cm³/mol. The number of pyridine rings is 1. The van der Waals surface area contributed by atoms with E-state index >= 15 is 0 Å². The first-order valence-electron chi connectivity index (χ1n) is 6.95. The van der Waals surface area contributed by atoms with Crippen LogP contribution in [0.25, 0.3) is 0 Å². The topological polar surface area (TPSA) is 46.0 Å². The Kier molecular flexibility index (Phi) is 4.74. The van der Waals surface area contributed by atoms with E-state index in [9.17, 15) is 0 Å². The Bertz CT molecular complexity index is 561. The molecular weight excluding hydrogens is 250 g/mol. The van der Waals surface area contributed by atoms with E-state index in [1.807, 2.05) is 30.3 Å². The number of nitrogens with one attached hydrogen (secondary N) is 1. The van der Waals surface area contributed by atoms with Crippen LogP contribution in [0.1, 0.15) is 23.6 Å². The van der Waals surface area contributed by atoms with Crippen LogP contribution < -0.4 is 10.2 Å². The molecule has 0 saturated heterocycles. The largest absolute Gasteiger partial charge is 0.355 e. The van der Waals surface area contributed by atoms with E-state index in [1.54, 1.807) is 0 Å². The number of aromatic nitrogens is 3. The van der Waals surface area contributed by atoms with Gasteiger partial charge < -0.3 is 10.2 Å². The molecule has 5 nitrogen and oxygen atoms in total. The molecule has 0 aromatic carbocycles. The summed E-state index contributed by atoms with van der Waals surface area (Å²) >= 11 is 0. The van der Waals surface area contributed by atoms with Crippen molar-refractivity contribution in [1.82, 2.24) is 20.1 Å². The molecule has 0 spiro atoms. The molecule has 20 heavy (non-hydrogen) atoms. The summed E-state index contributed by atoms with van der Waals surface area (Å²) in [6, 6.07) is 2.20. The fourth-order valence-electron chi connectivity index (χ4n) is 2.29. The van der Waals surface area contributed by atoms with Gasteiger partial charge in [0.2, 0.25) is 0 Å². The van der Waals surface area contributed by atoms with Crippen molar-refractivity contribution in [3.05, 3.63) is 41.3 Å². The summed E-state index contributed by atoms with van der Waals surface area (Å²) < 4.78 is 1.82. The van der Waals surface area contributed by atoms with Crippen LogP contribution in [0.3, 0.4) is 0 Å². The van der Waals surface area contributed by atoms with Crippen molar-refractivity contribution in [3.8, 4) is 0 Å². The molecule has 2 rings (SSSR count). The standard InChI is InChI=1S/C15H23N5/c1-5-16-7-13-6-12(2)15(17-8-13)19(3)10-14-9-18-20(4)11-14/h6,8-9,11,16H,5,7,10H2,1-4H3. The molecule has 0 radical (unpaired) electrons. The number of hydrogen-bond acceptors (Lipinski definition) is 4. The fourth-order valence-corrected chi connectivity index (χ4v) is 2.29. The lowest BCUT2D eigenvalue weighted by Crippen LogP contribution is -2.19. The van der Waals surface area contributed by atoms with E-state index in [1.165, 1.54) is 16.7 Å². The van der Waals surface area contributed by atoms with Gasteiger partial charge in [-0.05, 0) is 30.7 Å². The highest BCUT2D eigenvalue weighted by Crippen LogP contribution is 2.18. The second-order valence-corrected chi connectivity index (χ2v) is 5.14. The van der Waals surface area contributed by atoms with Crippen LogP contribution in [-0.4, -0.2) is 28.4 Å². The minimum absolute atomic E-state index is 0.814. The number of hydrogen-bond donors (Lipinski definition) is 1. The highest BCUT2D eigenvalue weighted by Gasteiger charge is 2.08. The molecule has 0 unspecified atom stereocenters. The molecule has 0 fully saturated rings. The van der Waals surface area contributed by atoms with Crippen LogP contribution in [0.2, 0.25) is 0 Å². The minimum Gasteiger partial charge on any atom is -0.355 e. The maximum absolute atomic E-state index is 4.59. The monoisotopic (exact) mass is 273 g/mol. The Balaban J connectivity index is 2.07. The predicted octanol–water partition coefficient (Wildman–Crippen LogP) is 1.87. The van der Waals surface area contributed by atoms with Gasteiger partial charge in [0.05, 0.1) is 6.20 Å². The maximum Gasteiger partial charge on any atom is 0.131 e. The molecule has 0 atom stereocenters. The molecule has 0 aliphatic heterocycles. The smallest absolute Gasteiger partial charge is 0.131 e. The van der Waals surface area contributed by atoms with Crippen molar-refractivity contribution in [2.75, 3.05) is 18.5 Å². The number of aryl methyl sites for hydroxylation is 2. The maximum atomic E-state index is 4.59. The summed E-state index contributed by atoms with van der Waals surface area (Å²) in [4.78, 5) is 6.75. The summed E-state index contributed by atoms with van der Waals surface area (Å²) in [5.74, 6) is 1.02. The van der Waals surface area contributed by atoms with Crippen molar-refractivity contribution in [2.24, 2.45) is 7.05 Å². The Morgan fingerprint density at radius 2 is 2.10 bits per heavy atom. The molecule has 1 N–H and O–H groups in total. The van der Waals surface area contributed by atoms with Crippen molar-refractivity contribution < 1.29 is 0 Å². The van der Waals surface area contributed by atoms with Gasteiger partial charge in [-0.3, -0.25) is 4.68 Å². The zero-order chi connectivity index (χ0) is 14.5. The highest BCUT2D eigenvalue weighted by molar-refractivity contribution is 5.47. The van der Waals surface area contributed by atoms with E-state index in [2.05, 4.69) is 47.3 Å². The van der Waals surface area contributed by atoms with Gasteiger partial charge in [-0.1, -0.05) is 6.92 Å². The van der Waals surface area contributed by atoms with Gasteiger partial charge >= 0.3 is 0 Å². The van der Waals surface area contributed by atoms with Gasteiger partial charge in [-0.2, -0.15) is 5.10 Å². The van der Waals surface area contributed by atoms with Crippen LogP contribution in [0.5, 0.6) is 0 Å². The van der Waals surface area contributed by atoms with Crippen molar-refractivity contribution in [1.29, 1.82) is 0 Å². The Labute approximate surface area is 120 Å². The molecule has 0 aliphatic carbocycles. The van der Waals surface area contributed by atoms with Gasteiger partial charge in [-0.25, -0.2) is 4.98 Å². The van der Waals surface area contributed by atoms with Crippen LogP contribution in [0.15, 0.2) is 24.7 Å². The molecule has 2 aromatic rings. The lowest BCUT2D eigenvalue weighted by molar-refractivity contribution is 0.723. The number of rotatable bonds is 6. The lowest BCUT2D eigenvalue weighted by atomic mass is 10.2. The zero-order valence-electron chi connectivity index (χ0n) is 12.7. The quantitative estimate of drug-likeness (QED) is 0.873. The van der Waals surface area contributed by atoms with Gasteiger partial charge in [0, 0.05) is 45.1 Å². The van der Waals surface area contributed by atoms with Gasteiger partial charge in [0.25, 0.3) is 0 Å². The molecule has 2 aromatic heterocycles. The fraction of sp³-hybridized carbons (Fsp3) is 0.467. The average molecular weight is 273 g/mol. The van der Waals surface area contributed by atoms with E-state index in [0.717, 1.165) is 25.5 Å². The van der Waals surface area contributed by atoms with Crippen molar-refractivity contribution in [2.45, 2.75) is 26.9 Å². The zero-order valence-corrected chi connectivity index (χ0v) is 12.7. The third-order valence-electron chi connectivity index (χ3n) is 3.23. The molecule has 2 heterocycles. The first kappa shape index (κ1) is 14.5. The Morgan fingerprint density at radius 1 is 1.30 bits per heavy atom. The summed E-state index contributed by atoms with van der Waals surface area (Å²) in [5.41, 5.74) is 3.61. The van der Waals surface area contributed by atoms with Crippen LogP contribution in [-0.2, 0) is 20.1 Å².